The van der Waals surface area contributed by atoms with Gasteiger partial charge >= 0.3 is 0 Å². The van der Waals surface area contributed by atoms with E-state index in [-0.39, 0.29) is 5.91 Å². The van der Waals surface area contributed by atoms with Gasteiger partial charge in [-0.05, 0) is 12.1 Å². The van der Waals surface area contributed by atoms with Crippen LogP contribution in [0, 0.1) is 0 Å². The summed E-state index contributed by atoms with van der Waals surface area (Å²) >= 11 is 0. The molecule has 0 atom stereocenters. The predicted molar refractivity (Wildman–Crippen MR) is 41.6 cm³/mol. The molecule has 56 valence electrons. The van der Waals surface area contributed by atoms with E-state index in [1.54, 1.807) is 0 Å². The van der Waals surface area contributed by atoms with Gasteiger partial charge in [0.15, 0.2) is 0 Å². The fourth-order valence-electron chi connectivity index (χ4n) is 1.19. The van der Waals surface area contributed by atoms with Gasteiger partial charge in [-0.3, -0.25) is 4.79 Å². The largest absolute Gasteiger partial charge is 0.360 e. The second-order valence-electron chi connectivity index (χ2n) is 2.54. The summed E-state index contributed by atoms with van der Waals surface area (Å²) in [6.07, 6.45) is 3.17. The molecular formula is C8H8N2O. The second kappa shape index (κ2) is 2.34. The molecule has 0 bridgehead atoms. The van der Waals surface area contributed by atoms with Crippen LogP contribution in [0.25, 0.3) is 0 Å². The molecule has 1 N–H and O–H groups in total. The quantitative estimate of drug-likeness (QED) is 0.637. The van der Waals surface area contributed by atoms with E-state index in [1.165, 1.54) is 0 Å². The highest BCUT2D eigenvalue weighted by Crippen LogP contribution is 2.11. The Morgan fingerprint density at radius 3 is 2.91 bits per heavy atom. The van der Waals surface area contributed by atoms with Crippen LogP contribution in [-0.2, 0) is 4.79 Å². The summed E-state index contributed by atoms with van der Waals surface area (Å²) in [4.78, 5) is 17.6. The van der Waals surface area contributed by atoms with Crippen molar-refractivity contribution in [2.45, 2.75) is 12.8 Å². The van der Waals surface area contributed by atoms with E-state index in [1.807, 2.05) is 18.3 Å². The van der Waals surface area contributed by atoms with Crippen LogP contribution in [-0.4, -0.2) is 16.6 Å². The Morgan fingerprint density at radius 1 is 1.45 bits per heavy atom. The summed E-state index contributed by atoms with van der Waals surface area (Å²) in [7, 11) is 0. The van der Waals surface area contributed by atoms with Crippen LogP contribution in [0.3, 0.4) is 0 Å². The standard InChI is InChI=1S/C8H8N2O/c11-8-4-3-7(10-8)6-2-1-5-9-6/h1-2,5,9H,3-4H2. The number of hydrogen-bond acceptors (Lipinski definition) is 1. The van der Waals surface area contributed by atoms with E-state index < -0.39 is 0 Å². The number of nitrogens with zero attached hydrogens (tertiary/aromatic N) is 1. The fraction of sp³-hybridized carbons (Fsp3) is 0.250. The second-order valence-corrected chi connectivity index (χ2v) is 2.54. The van der Waals surface area contributed by atoms with Crippen molar-refractivity contribution in [1.29, 1.82) is 0 Å². The summed E-state index contributed by atoms with van der Waals surface area (Å²) in [5, 5.41) is 0. The van der Waals surface area contributed by atoms with Crippen molar-refractivity contribution >= 4 is 11.6 Å². The average molecular weight is 148 g/mol. The zero-order valence-corrected chi connectivity index (χ0v) is 6.00. The van der Waals surface area contributed by atoms with Crippen molar-refractivity contribution in [2.24, 2.45) is 4.99 Å². The van der Waals surface area contributed by atoms with Gasteiger partial charge in [0.25, 0.3) is 0 Å². The lowest BCUT2D eigenvalue weighted by Crippen LogP contribution is -1.94. The van der Waals surface area contributed by atoms with Crippen LogP contribution < -0.4 is 0 Å². The van der Waals surface area contributed by atoms with E-state index in [9.17, 15) is 4.79 Å². The lowest BCUT2D eigenvalue weighted by Gasteiger charge is -1.91. The minimum atomic E-state index is -0.00500. The molecule has 1 amide bonds. The number of carbonyl (C=O) groups excluding carboxylic acids is 1. The van der Waals surface area contributed by atoms with Gasteiger partial charge in [-0.25, -0.2) is 4.99 Å². The van der Waals surface area contributed by atoms with Crippen molar-refractivity contribution in [3.8, 4) is 0 Å². The van der Waals surface area contributed by atoms with Gasteiger partial charge < -0.3 is 4.98 Å². The third kappa shape index (κ3) is 1.09. The van der Waals surface area contributed by atoms with Crippen molar-refractivity contribution in [3.63, 3.8) is 0 Å². The number of nitrogens with one attached hydrogen (secondary N) is 1. The Kier molecular flexibility index (Phi) is 1.35. The number of aromatic nitrogens is 1. The first-order chi connectivity index (χ1) is 5.36. The van der Waals surface area contributed by atoms with Gasteiger partial charge in [-0.1, -0.05) is 0 Å². The van der Waals surface area contributed by atoms with Crippen LogP contribution in [0.5, 0.6) is 0 Å². The Balaban J connectivity index is 2.31. The zero-order valence-electron chi connectivity index (χ0n) is 6.00. The topological polar surface area (TPSA) is 45.2 Å². The Hall–Kier alpha value is -1.38. The Bertz CT molecular complexity index is 298. The van der Waals surface area contributed by atoms with Crippen LogP contribution in [0.1, 0.15) is 18.5 Å². The maximum Gasteiger partial charge on any atom is 0.246 e. The fourth-order valence-corrected chi connectivity index (χ4v) is 1.19. The van der Waals surface area contributed by atoms with Crippen LogP contribution in [0.15, 0.2) is 23.3 Å². The molecular weight excluding hydrogens is 140 g/mol. The number of aliphatic imine (C=N–C) groups is 1. The Labute approximate surface area is 64.2 Å². The first kappa shape index (κ1) is 6.34. The number of amides is 1. The summed E-state index contributed by atoms with van der Waals surface area (Å²) < 4.78 is 0. The predicted octanol–water partition coefficient (Wildman–Crippen LogP) is 1.12. The number of hydrogen-bond donors (Lipinski definition) is 1. The van der Waals surface area contributed by atoms with E-state index in [0.29, 0.717) is 6.42 Å². The maximum absolute atomic E-state index is 10.7. The van der Waals surface area contributed by atoms with Crippen molar-refractivity contribution < 1.29 is 4.79 Å². The summed E-state index contributed by atoms with van der Waals surface area (Å²) in [6, 6.07) is 3.83. The van der Waals surface area contributed by atoms with Gasteiger partial charge in [0.2, 0.25) is 5.91 Å². The molecule has 2 heterocycles. The molecule has 2 rings (SSSR count). The Morgan fingerprint density at radius 2 is 2.36 bits per heavy atom. The van der Waals surface area contributed by atoms with Crippen molar-refractivity contribution in [2.75, 3.05) is 0 Å². The molecule has 0 saturated heterocycles. The average Bonchev–Trinajstić information content (AvgIpc) is 2.55. The third-order valence-corrected chi connectivity index (χ3v) is 1.74. The molecule has 0 fully saturated rings. The number of H-pyrrole nitrogens is 1. The normalized spacial score (nSPS) is 17.1. The van der Waals surface area contributed by atoms with E-state index in [2.05, 4.69) is 9.98 Å². The van der Waals surface area contributed by atoms with Gasteiger partial charge in [-0.15, -0.1) is 0 Å². The van der Waals surface area contributed by atoms with Crippen LogP contribution >= 0.6 is 0 Å². The molecule has 0 saturated carbocycles. The van der Waals surface area contributed by atoms with Gasteiger partial charge in [0.1, 0.15) is 0 Å². The highest BCUT2D eigenvalue weighted by Gasteiger charge is 2.15. The molecule has 0 spiro atoms. The highest BCUT2D eigenvalue weighted by atomic mass is 16.1. The minimum Gasteiger partial charge on any atom is -0.360 e. The first-order valence-electron chi connectivity index (χ1n) is 3.60. The smallest absolute Gasteiger partial charge is 0.246 e. The molecule has 3 nitrogen and oxygen atoms in total. The van der Waals surface area contributed by atoms with E-state index in [0.717, 1.165) is 17.8 Å². The maximum atomic E-state index is 10.7. The van der Waals surface area contributed by atoms with Crippen molar-refractivity contribution in [3.05, 3.63) is 24.0 Å². The molecule has 0 radical (unpaired) electrons. The van der Waals surface area contributed by atoms with Crippen LogP contribution in [0.4, 0.5) is 0 Å². The number of carbonyl (C=O) groups is 1. The first-order valence-corrected chi connectivity index (χ1v) is 3.60. The monoisotopic (exact) mass is 148 g/mol. The van der Waals surface area contributed by atoms with Gasteiger partial charge in [0, 0.05) is 19.0 Å². The van der Waals surface area contributed by atoms with E-state index in [4.69, 9.17) is 0 Å². The van der Waals surface area contributed by atoms with Crippen LogP contribution in [0.2, 0.25) is 0 Å². The molecule has 1 aromatic heterocycles. The van der Waals surface area contributed by atoms with Gasteiger partial charge in [0.05, 0.1) is 11.4 Å². The highest BCUT2D eigenvalue weighted by molar-refractivity contribution is 6.10. The summed E-state index contributed by atoms with van der Waals surface area (Å²) in [6.45, 7) is 0. The summed E-state index contributed by atoms with van der Waals surface area (Å²) in [5.41, 5.74) is 1.86. The van der Waals surface area contributed by atoms with Gasteiger partial charge in [-0.2, -0.15) is 0 Å². The molecule has 1 aliphatic rings. The molecule has 1 aromatic rings. The SMILES string of the molecule is O=C1CCC(c2ccc[nH]2)=N1. The van der Waals surface area contributed by atoms with Crippen molar-refractivity contribution in [1.82, 2.24) is 4.98 Å². The summed E-state index contributed by atoms with van der Waals surface area (Å²) in [5.74, 6) is -0.00500. The third-order valence-electron chi connectivity index (χ3n) is 1.74. The number of aromatic amines is 1. The number of rotatable bonds is 1. The minimum absolute atomic E-state index is 0.00500. The lowest BCUT2D eigenvalue weighted by molar-refractivity contribution is -0.117. The molecule has 0 aliphatic carbocycles. The molecule has 0 unspecified atom stereocenters. The molecule has 0 aromatic carbocycles. The molecule has 11 heavy (non-hydrogen) atoms. The molecule has 3 heteroatoms. The molecule has 1 aliphatic heterocycles. The lowest BCUT2D eigenvalue weighted by atomic mass is 10.2. The van der Waals surface area contributed by atoms with E-state index >= 15 is 0 Å². The zero-order chi connectivity index (χ0) is 7.68.